The van der Waals surface area contributed by atoms with Crippen LogP contribution in [0.2, 0.25) is 5.02 Å². The van der Waals surface area contributed by atoms with Crippen molar-refractivity contribution in [1.82, 2.24) is 10.2 Å². The first-order valence-corrected chi connectivity index (χ1v) is 16.0. The van der Waals surface area contributed by atoms with Crippen LogP contribution in [0.3, 0.4) is 0 Å². The summed E-state index contributed by atoms with van der Waals surface area (Å²) < 4.78 is 26.7. The third kappa shape index (κ3) is 9.07. The standard InChI is InChI=1S/C32H40ClN3O4S/c1-23(2)34-32(38)30(21-26-14-7-6-8-15-26)35(22-27-16-10-9-13-24(27)3)31(37)19-12-20-36(41(5,39)40)29-18-11-17-28(33)25(29)4/h6-11,13-18,23,30H,12,19-22H2,1-5H3,(H,34,38)/t30-/m1/s1. The highest BCUT2D eigenvalue weighted by atomic mass is 35.5. The lowest BCUT2D eigenvalue weighted by atomic mass is 10.0. The van der Waals surface area contributed by atoms with Crippen molar-refractivity contribution in [2.45, 2.75) is 65.6 Å². The van der Waals surface area contributed by atoms with E-state index < -0.39 is 16.1 Å². The average molecular weight is 598 g/mol. The molecule has 0 aromatic heterocycles. The van der Waals surface area contributed by atoms with Gasteiger partial charge in [-0.25, -0.2) is 8.42 Å². The van der Waals surface area contributed by atoms with E-state index in [0.717, 1.165) is 22.9 Å². The highest BCUT2D eigenvalue weighted by Gasteiger charge is 2.31. The van der Waals surface area contributed by atoms with Crippen molar-refractivity contribution in [1.29, 1.82) is 0 Å². The van der Waals surface area contributed by atoms with E-state index in [-0.39, 0.29) is 43.8 Å². The van der Waals surface area contributed by atoms with Gasteiger partial charge in [0.15, 0.2) is 0 Å². The summed E-state index contributed by atoms with van der Waals surface area (Å²) in [6.07, 6.45) is 1.84. The SMILES string of the molecule is Cc1ccccc1CN(C(=O)CCCN(c1cccc(Cl)c1C)S(C)(=O)=O)[C@H](Cc1ccccc1)C(=O)NC(C)C. The van der Waals surface area contributed by atoms with E-state index in [1.807, 2.05) is 75.4 Å². The molecule has 9 heteroatoms. The lowest BCUT2D eigenvalue weighted by Gasteiger charge is -2.33. The first-order valence-electron chi connectivity index (χ1n) is 13.8. The summed E-state index contributed by atoms with van der Waals surface area (Å²) in [5.74, 6) is -0.442. The maximum absolute atomic E-state index is 13.9. The van der Waals surface area contributed by atoms with Crippen molar-refractivity contribution in [3.8, 4) is 0 Å². The number of benzene rings is 3. The van der Waals surface area contributed by atoms with Crippen LogP contribution in [0.25, 0.3) is 0 Å². The molecule has 0 spiro atoms. The maximum atomic E-state index is 13.9. The Kier molecular flexibility index (Phi) is 11.4. The maximum Gasteiger partial charge on any atom is 0.243 e. The van der Waals surface area contributed by atoms with Gasteiger partial charge in [-0.15, -0.1) is 0 Å². The van der Waals surface area contributed by atoms with E-state index in [2.05, 4.69) is 5.32 Å². The summed E-state index contributed by atoms with van der Waals surface area (Å²) in [5, 5.41) is 3.46. The van der Waals surface area contributed by atoms with Crippen LogP contribution in [0.4, 0.5) is 5.69 Å². The van der Waals surface area contributed by atoms with Gasteiger partial charge in [0.05, 0.1) is 11.9 Å². The molecule has 0 aliphatic rings. The van der Waals surface area contributed by atoms with E-state index in [1.165, 1.54) is 4.31 Å². The Hall–Kier alpha value is -3.36. The molecule has 0 radical (unpaired) electrons. The third-order valence-corrected chi connectivity index (χ3v) is 8.55. The number of amides is 2. The van der Waals surface area contributed by atoms with E-state index in [0.29, 0.717) is 22.7 Å². The van der Waals surface area contributed by atoms with Crippen LogP contribution >= 0.6 is 11.6 Å². The topological polar surface area (TPSA) is 86.8 Å². The summed E-state index contributed by atoms with van der Waals surface area (Å²) in [7, 11) is -3.63. The van der Waals surface area contributed by atoms with E-state index in [1.54, 1.807) is 30.0 Å². The normalized spacial score (nSPS) is 12.2. The van der Waals surface area contributed by atoms with Crippen molar-refractivity contribution in [3.05, 3.63) is 100 Å². The highest BCUT2D eigenvalue weighted by molar-refractivity contribution is 7.92. The largest absolute Gasteiger partial charge is 0.352 e. The number of nitrogens with one attached hydrogen (secondary N) is 1. The van der Waals surface area contributed by atoms with Gasteiger partial charge in [0, 0.05) is 37.0 Å². The zero-order valence-electron chi connectivity index (χ0n) is 24.4. The third-order valence-electron chi connectivity index (χ3n) is 6.96. The second-order valence-corrected chi connectivity index (χ2v) is 13.0. The summed E-state index contributed by atoms with van der Waals surface area (Å²) in [6, 6.07) is 21.7. The molecule has 2 amide bonds. The van der Waals surface area contributed by atoms with Crippen LogP contribution in [-0.4, -0.2) is 50.0 Å². The molecule has 0 heterocycles. The van der Waals surface area contributed by atoms with Gasteiger partial charge in [-0.2, -0.15) is 0 Å². The Bertz CT molecular complexity index is 1440. The van der Waals surface area contributed by atoms with Crippen molar-refractivity contribution < 1.29 is 18.0 Å². The zero-order valence-corrected chi connectivity index (χ0v) is 26.0. The predicted molar refractivity (Wildman–Crippen MR) is 167 cm³/mol. The number of sulfonamides is 1. The molecule has 0 saturated heterocycles. The van der Waals surface area contributed by atoms with Crippen molar-refractivity contribution in [2.24, 2.45) is 0 Å². The minimum Gasteiger partial charge on any atom is -0.352 e. The van der Waals surface area contributed by atoms with Crippen LogP contribution in [0.5, 0.6) is 0 Å². The number of carbonyl (C=O) groups excluding carboxylic acids is 2. The predicted octanol–water partition coefficient (Wildman–Crippen LogP) is 5.67. The van der Waals surface area contributed by atoms with Crippen LogP contribution < -0.4 is 9.62 Å². The Morgan fingerprint density at radius 1 is 0.927 bits per heavy atom. The molecule has 220 valence electrons. The van der Waals surface area contributed by atoms with Crippen molar-refractivity contribution in [2.75, 3.05) is 17.1 Å². The first-order chi connectivity index (χ1) is 19.4. The summed E-state index contributed by atoms with van der Waals surface area (Å²) in [6.45, 7) is 7.90. The van der Waals surface area contributed by atoms with Crippen molar-refractivity contribution >= 4 is 39.1 Å². The molecule has 0 unspecified atom stereocenters. The van der Waals surface area contributed by atoms with Crippen molar-refractivity contribution in [3.63, 3.8) is 0 Å². The fraction of sp³-hybridized carbons (Fsp3) is 0.375. The molecule has 3 rings (SSSR count). The molecule has 0 saturated carbocycles. The number of aryl methyl sites for hydroxylation is 1. The molecule has 0 bridgehead atoms. The number of rotatable bonds is 13. The molecule has 3 aromatic carbocycles. The molecule has 0 aliphatic carbocycles. The summed E-state index contributed by atoms with van der Waals surface area (Å²) in [5.41, 5.74) is 4.05. The first kappa shape index (κ1) is 32.2. The summed E-state index contributed by atoms with van der Waals surface area (Å²) >= 11 is 6.27. The smallest absolute Gasteiger partial charge is 0.243 e. The van der Waals surface area contributed by atoms with Crippen LogP contribution in [-0.2, 0) is 32.6 Å². The van der Waals surface area contributed by atoms with Gasteiger partial charge >= 0.3 is 0 Å². The Morgan fingerprint density at radius 2 is 1.59 bits per heavy atom. The van der Waals surface area contributed by atoms with E-state index >= 15 is 0 Å². The van der Waals surface area contributed by atoms with Gasteiger partial charge < -0.3 is 10.2 Å². The van der Waals surface area contributed by atoms with E-state index in [4.69, 9.17) is 11.6 Å². The lowest BCUT2D eigenvalue weighted by molar-refractivity contribution is -0.141. The fourth-order valence-electron chi connectivity index (χ4n) is 4.75. The number of nitrogens with zero attached hydrogens (tertiary/aromatic N) is 2. The number of halogens is 1. The molecule has 0 aliphatic heterocycles. The second-order valence-electron chi connectivity index (χ2n) is 10.6. The lowest BCUT2D eigenvalue weighted by Crippen LogP contribution is -2.52. The molecule has 1 atom stereocenters. The Morgan fingerprint density at radius 3 is 2.22 bits per heavy atom. The average Bonchev–Trinajstić information content (AvgIpc) is 2.91. The summed E-state index contributed by atoms with van der Waals surface area (Å²) in [4.78, 5) is 29.1. The van der Waals surface area contributed by atoms with Gasteiger partial charge in [-0.3, -0.25) is 13.9 Å². The zero-order chi connectivity index (χ0) is 30.2. The highest BCUT2D eigenvalue weighted by Crippen LogP contribution is 2.28. The van der Waals surface area contributed by atoms with Gasteiger partial charge in [-0.05, 0) is 68.5 Å². The number of hydrogen-bond acceptors (Lipinski definition) is 4. The molecule has 7 nitrogen and oxygen atoms in total. The number of carbonyl (C=O) groups is 2. The van der Waals surface area contributed by atoms with Crippen LogP contribution in [0.15, 0.2) is 72.8 Å². The minimum absolute atomic E-state index is 0.0672. The number of hydrogen-bond donors (Lipinski definition) is 1. The molecule has 1 N–H and O–H groups in total. The molecular formula is C32H40ClN3O4S. The molecular weight excluding hydrogens is 558 g/mol. The molecule has 3 aromatic rings. The van der Waals surface area contributed by atoms with Crippen LogP contribution in [0.1, 0.15) is 48.9 Å². The monoisotopic (exact) mass is 597 g/mol. The van der Waals surface area contributed by atoms with Crippen LogP contribution in [0, 0.1) is 13.8 Å². The Balaban J connectivity index is 1.91. The molecule has 0 fully saturated rings. The molecule has 41 heavy (non-hydrogen) atoms. The second kappa shape index (κ2) is 14.5. The van der Waals surface area contributed by atoms with Gasteiger partial charge in [-0.1, -0.05) is 72.3 Å². The quantitative estimate of drug-likeness (QED) is 0.275. The van der Waals surface area contributed by atoms with E-state index in [9.17, 15) is 18.0 Å². The Labute approximate surface area is 249 Å². The van der Waals surface area contributed by atoms with Gasteiger partial charge in [0.2, 0.25) is 21.8 Å². The minimum atomic E-state index is -3.63. The number of anilines is 1. The van der Waals surface area contributed by atoms with Gasteiger partial charge in [0.25, 0.3) is 0 Å². The van der Waals surface area contributed by atoms with Gasteiger partial charge in [0.1, 0.15) is 6.04 Å². The fourth-order valence-corrected chi connectivity index (χ4v) is 5.94.